The molecule has 23 heavy (non-hydrogen) atoms. The third kappa shape index (κ3) is 6.00. The van der Waals surface area contributed by atoms with Crippen molar-refractivity contribution >= 4 is 11.7 Å². The minimum absolute atomic E-state index is 0.0613. The Labute approximate surface area is 133 Å². The highest BCUT2D eigenvalue weighted by Gasteiger charge is 2.28. The predicted molar refractivity (Wildman–Crippen MR) is 81.6 cm³/mol. The molecule has 2 N–H and O–H groups in total. The molecule has 0 aliphatic heterocycles. The number of ether oxygens (including phenoxy) is 1. The summed E-state index contributed by atoms with van der Waals surface area (Å²) in [4.78, 5) is 12.0. The van der Waals surface area contributed by atoms with Gasteiger partial charge in [0.05, 0.1) is 0 Å². The Hall–Kier alpha value is -1.92. The van der Waals surface area contributed by atoms with Crippen LogP contribution in [-0.4, -0.2) is 24.9 Å². The Kier molecular flexibility index (Phi) is 5.74. The molecule has 0 radical (unpaired) electrons. The second-order valence-electron chi connectivity index (χ2n) is 5.90. The zero-order valence-corrected chi connectivity index (χ0v) is 13.0. The molecular weight excluding hydrogens is 309 g/mol. The summed E-state index contributed by atoms with van der Waals surface area (Å²) in [5.74, 6) is 0.488. The van der Waals surface area contributed by atoms with Crippen LogP contribution in [0.3, 0.4) is 0 Å². The van der Waals surface area contributed by atoms with Gasteiger partial charge in [0.1, 0.15) is 5.75 Å². The van der Waals surface area contributed by atoms with Gasteiger partial charge in [0.25, 0.3) is 0 Å². The van der Waals surface area contributed by atoms with Gasteiger partial charge in [-0.25, -0.2) is 4.79 Å². The molecule has 128 valence electrons. The van der Waals surface area contributed by atoms with Crippen molar-refractivity contribution < 1.29 is 22.7 Å². The van der Waals surface area contributed by atoms with Crippen molar-refractivity contribution in [2.45, 2.75) is 44.8 Å². The van der Waals surface area contributed by atoms with Gasteiger partial charge in [0.2, 0.25) is 0 Å². The summed E-state index contributed by atoms with van der Waals surface area (Å²) in [6.45, 7) is 0.748. The van der Waals surface area contributed by atoms with E-state index in [1.165, 1.54) is 24.6 Å². The van der Waals surface area contributed by atoms with Crippen molar-refractivity contribution in [1.82, 2.24) is 5.32 Å². The fourth-order valence-electron chi connectivity index (χ4n) is 2.70. The van der Waals surface area contributed by atoms with E-state index < -0.39 is 12.8 Å². The molecule has 2 rings (SSSR count). The van der Waals surface area contributed by atoms with Crippen LogP contribution in [0, 0.1) is 5.92 Å². The largest absolute Gasteiger partial charge is 0.484 e. The monoisotopic (exact) mass is 330 g/mol. The van der Waals surface area contributed by atoms with Crippen LogP contribution in [0.1, 0.15) is 32.6 Å². The number of hydrogen-bond acceptors (Lipinski definition) is 2. The first-order chi connectivity index (χ1) is 10.8. The van der Waals surface area contributed by atoms with Crippen molar-refractivity contribution in [1.29, 1.82) is 0 Å². The molecule has 0 bridgehead atoms. The topological polar surface area (TPSA) is 50.4 Å². The van der Waals surface area contributed by atoms with Gasteiger partial charge in [-0.15, -0.1) is 0 Å². The highest BCUT2D eigenvalue weighted by Crippen LogP contribution is 2.24. The van der Waals surface area contributed by atoms with Crippen molar-refractivity contribution in [3.05, 3.63) is 24.3 Å². The normalized spacial score (nSPS) is 21.6. The third-order valence-corrected chi connectivity index (χ3v) is 3.92. The maximum Gasteiger partial charge on any atom is 0.422 e. The van der Waals surface area contributed by atoms with E-state index in [4.69, 9.17) is 0 Å². The number of benzene rings is 1. The average Bonchev–Trinajstić information content (AvgIpc) is 2.47. The lowest BCUT2D eigenvalue weighted by molar-refractivity contribution is -0.153. The lowest BCUT2D eigenvalue weighted by Gasteiger charge is -2.29. The predicted octanol–water partition coefficient (Wildman–Crippen LogP) is 4.33. The van der Waals surface area contributed by atoms with Crippen LogP contribution >= 0.6 is 0 Å². The molecule has 0 aromatic heterocycles. The highest BCUT2D eigenvalue weighted by molar-refractivity contribution is 5.89. The van der Waals surface area contributed by atoms with E-state index in [9.17, 15) is 18.0 Å². The van der Waals surface area contributed by atoms with Gasteiger partial charge in [0, 0.05) is 17.8 Å². The molecule has 2 atom stereocenters. The smallest absolute Gasteiger partial charge is 0.422 e. The number of nitrogens with one attached hydrogen (secondary N) is 2. The second kappa shape index (κ2) is 7.57. The van der Waals surface area contributed by atoms with Crippen LogP contribution in [0.5, 0.6) is 5.75 Å². The number of urea groups is 1. The summed E-state index contributed by atoms with van der Waals surface area (Å²) in [6, 6.07) is 5.70. The quantitative estimate of drug-likeness (QED) is 0.863. The van der Waals surface area contributed by atoms with E-state index in [2.05, 4.69) is 22.3 Å². The van der Waals surface area contributed by atoms with E-state index in [1.807, 2.05) is 0 Å². The zero-order chi connectivity index (χ0) is 16.9. The SMILES string of the molecule is CC1CCCCC1NC(=O)Nc1cccc(OCC(F)(F)F)c1. The average molecular weight is 330 g/mol. The number of alkyl halides is 3. The molecule has 1 fully saturated rings. The molecule has 0 heterocycles. The molecule has 1 saturated carbocycles. The molecule has 0 spiro atoms. The Morgan fingerprint density at radius 1 is 1.30 bits per heavy atom. The first-order valence-electron chi connectivity index (χ1n) is 7.70. The van der Waals surface area contributed by atoms with E-state index >= 15 is 0 Å². The number of amides is 2. The molecule has 1 aromatic carbocycles. The molecule has 2 amide bonds. The summed E-state index contributed by atoms with van der Waals surface area (Å²) in [5.41, 5.74) is 0.394. The summed E-state index contributed by atoms with van der Waals surface area (Å²) in [6.07, 6.45) is -0.0808. The number of halogens is 3. The minimum Gasteiger partial charge on any atom is -0.484 e. The number of rotatable bonds is 4. The summed E-state index contributed by atoms with van der Waals surface area (Å²) >= 11 is 0. The van der Waals surface area contributed by atoms with Crippen molar-refractivity contribution in [2.75, 3.05) is 11.9 Å². The molecule has 2 unspecified atom stereocenters. The Morgan fingerprint density at radius 2 is 2.04 bits per heavy atom. The van der Waals surface area contributed by atoms with Crippen molar-refractivity contribution in [2.24, 2.45) is 5.92 Å². The molecule has 1 aliphatic rings. The Balaban J connectivity index is 1.88. The van der Waals surface area contributed by atoms with E-state index in [0.717, 1.165) is 19.3 Å². The molecule has 7 heteroatoms. The fraction of sp³-hybridized carbons (Fsp3) is 0.562. The first kappa shape index (κ1) is 17.4. The van der Waals surface area contributed by atoms with Crippen LogP contribution in [0.4, 0.5) is 23.7 Å². The number of carbonyl (C=O) groups is 1. The first-order valence-corrected chi connectivity index (χ1v) is 7.70. The van der Waals surface area contributed by atoms with Crippen LogP contribution in [0.2, 0.25) is 0 Å². The zero-order valence-electron chi connectivity index (χ0n) is 13.0. The van der Waals surface area contributed by atoms with Gasteiger partial charge in [-0.1, -0.05) is 25.8 Å². The fourth-order valence-corrected chi connectivity index (χ4v) is 2.70. The van der Waals surface area contributed by atoms with Crippen molar-refractivity contribution in [3.63, 3.8) is 0 Å². The molecule has 0 saturated heterocycles. The van der Waals surface area contributed by atoms with Gasteiger partial charge in [-0.3, -0.25) is 0 Å². The van der Waals surface area contributed by atoms with Gasteiger partial charge in [-0.2, -0.15) is 13.2 Å². The summed E-state index contributed by atoms with van der Waals surface area (Å²) in [7, 11) is 0. The second-order valence-corrected chi connectivity index (χ2v) is 5.90. The van der Waals surface area contributed by atoms with Crippen LogP contribution in [0.15, 0.2) is 24.3 Å². The standard InChI is InChI=1S/C16H21F3N2O2/c1-11-5-2-3-8-14(11)21-15(22)20-12-6-4-7-13(9-12)23-10-16(17,18)19/h4,6-7,9,11,14H,2-3,5,8,10H2,1H3,(H2,20,21,22). The number of anilines is 1. The lowest BCUT2D eigenvalue weighted by atomic mass is 9.86. The lowest BCUT2D eigenvalue weighted by Crippen LogP contribution is -2.43. The van der Waals surface area contributed by atoms with Crippen molar-refractivity contribution in [3.8, 4) is 5.75 Å². The number of hydrogen-bond donors (Lipinski definition) is 2. The van der Waals surface area contributed by atoms with Gasteiger partial charge < -0.3 is 15.4 Å². The van der Waals surface area contributed by atoms with E-state index in [1.54, 1.807) is 6.07 Å². The maximum absolute atomic E-state index is 12.1. The van der Waals surface area contributed by atoms with E-state index in [-0.39, 0.29) is 17.8 Å². The summed E-state index contributed by atoms with van der Waals surface area (Å²) in [5, 5.41) is 5.56. The maximum atomic E-state index is 12.1. The van der Waals surface area contributed by atoms with Gasteiger partial charge >= 0.3 is 12.2 Å². The van der Waals surface area contributed by atoms with Gasteiger partial charge in [0.15, 0.2) is 6.61 Å². The van der Waals surface area contributed by atoms with Gasteiger partial charge in [-0.05, 0) is 30.9 Å². The highest BCUT2D eigenvalue weighted by atomic mass is 19.4. The number of carbonyl (C=O) groups excluding carboxylic acids is 1. The Morgan fingerprint density at radius 3 is 2.74 bits per heavy atom. The Bertz CT molecular complexity index is 534. The molecule has 4 nitrogen and oxygen atoms in total. The molecule has 1 aliphatic carbocycles. The summed E-state index contributed by atoms with van der Waals surface area (Å²) < 4.78 is 41.1. The van der Waals surface area contributed by atoms with Crippen LogP contribution in [0.25, 0.3) is 0 Å². The third-order valence-electron chi connectivity index (χ3n) is 3.92. The minimum atomic E-state index is -4.39. The molecule has 1 aromatic rings. The van der Waals surface area contributed by atoms with Crippen LogP contribution in [-0.2, 0) is 0 Å². The molecular formula is C16H21F3N2O2. The van der Waals surface area contributed by atoms with Crippen LogP contribution < -0.4 is 15.4 Å². The van der Waals surface area contributed by atoms with E-state index in [0.29, 0.717) is 11.6 Å².